The molecular weight excluding hydrogens is 326 g/mol. The van der Waals surface area contributed by atoms with Crippen LogP contribution in [0.25, 0.3) is 22.2 Å². The summed E-state index contributed by atoms with van der Waals surface area (Å²) in [6, 6.07) is 19.8. The first-order valence-electron chi connectivity index (χ1n) is 8.53. The van der Waals surface area contributed by atoms with Gasteiger partial charge in [0.2, 0.25) is 5.91 Å². The van der Waals surface area contributed by atoms with Gasteiger partial charge in [-0.25, -0.2) is 0 Å². The van der Waals surface area contributed by atoms with Gasteiger partial charge in [-0.3, -0.25) is 4.79 Å². The summed E-state index contributed by atoms with van der Waals surface area (Å²) < 4.78 is 5.33. The van der Waals surface area contributed by atoms with Gasteiger partial charge < -0.3 is 14.8 Å². The van der Waals surface area contributed by atoms with E-state index in [2.05, 4.69) is 27.6 Å². The Bertz CT molecular complexity index is 1050. The summed E-state index contributed by atoms with van der Waals surface area (Å²) in [7, 11) is 0. The van der Waals surface area contributed by atoms with Crippen molar-refractivity contribution in [3.63, 3.8) is 0 Å². The van der Waals surface area contributed by atoms with E-state index in [9.17, 15) is 4.79 Å². The molecule has 0 saturated heterocycles. The number of amides is 1. The van der Waals surface area contributed by atoms with E-state index in [0.29, 0.717) is 18.0 Å². The molecule has 2 heterocycles. The zero-order valence-electron chi connectivity index (χ0n) is 14.5. The largest absolute Gasteiger partial charge is 0.359 e. The molecule has 130 valence electrons. The molecule has 0 aliphatic rings. The Morgan fingerprint density at radius 3 is 2.81 bits per heavy atom. The number of hydrogen-bond donors (Lipinski definition) is 2. The van der Waals surface area contributed by atoms with Crippen molar-refractivity contribution in [3.05, 3.63) is 77.6 Å². The Morgan fingerprint density at radius 2 is 1.96 bits per heavy atom. The molecule has 5 heteroatoms. The maximum Gasteiger partial charge on any atom is 0.226 e. The smallest absolute Gasteiger partial charge is 0.226 e. The number of nitrogens with one attached hydrogen (secondary N) is 2. The van der Waals surface area contributed by atoms with Crippen molar-refractivity contribution in [1.82, 2.24) is 15.5 Å². The summed E-state index contributed by atoms with van der Waals surface area (Å²) in [6.45, 7) is 2.52. The molecule has 2 aromatic carbocycles. The lowest BCUT2D eigenvalue weighted by Crippen LogP contribution is -2.24. The normalized spacial score (nSPS) is 11.0. The van der Waals surface area contributed by atoms with Crippen molar-refractivity contribution < 1.29 is 9.32 Å². The molecule has 0 aliphatic carbocycles. The molecule has 5 nitrogen and oxygen atoms in total. The Balaban J connectivity index is 1.37. The minimum absolute atomic E-state index is 0.0803. The van der Waals surface area contributed by atoms with Gasteiger partial charge in [0.15, 0.2) is 5.76 Å². The standard InChI is InChI=1S/C21H19N3O2/c1-14-9-17-10-15(7-8-19(17)23-14)13-22-21(25)12-18-11-20(26-24-18)16-5-3-2-4-6-16/h2-11,23H,12-13H2,1H3,(H,22,25). The monoisotopic (exact) mass is 345 g/mol. The first kappa shape index (κ1) is 16.1. The van der Waals surface area contributed by atoms with Gasteiger partial charge in [-0.2, -0.15) is 0 Å². The number of aryl methyl sites for hydroxylation is 1. The van der Waals surface area contributed by atoms with Gasteiger partial charge in [0, 0.05) is 29.4 Å². The number of carbonyl (C=O) groups excluding carboxylic acids is 1. The predicted octanol–water partition coefficient (Wildman–Crippen LogP) is 3.99. The van der Waals surface area contributed by atoms with Gasteiger partial charge in [-0.15, -0.1) is 0 Å². The van der Waals surface area contributed by atoms with E-state index in [-0.39, 0.29) is 12.3 Å². The molecule has 0 unspecified atom stereocenters. The van der Waals surface area contributed by atoms with Crippen LogP contribution in [0.15, 0.2) is 65.2 Å². The van der Waals surface area contributed by atoms with Crippen molar-refractivity contribution in [2.45, 2.75) is 19.9 Å². The fourth-order valence-corrected chi connectivity index (χ4v) is 3.00. The average molecular weight is 345 g/mol. The number of rotatable bonds is 5. The Labute approximate surface area is 151 Å². The topological polar surface area (TPSA) is 70.9 Å². The predicted molar refractivity (Wildman–Crippen MR) is 101 cm³/mol. The minimum Gasteiger partial charge on any atom is -0.359 e. The second-order valence-electron chi connectivity index (χ2n) is 6.38. The zero-order valence-corrected chi connectivity index (χ0v) is 14.5. The molecule has 0 saturated carbocycles. The zero-order chi connectivity index (χ0) is 17.9. The van der Waals surface area contributed by atoms with Crippen LogP contribution in [0.3, 0.4) is 0 Å². The van der Waals surface area contributed by atoms with E-state index in [4.69, 9.17) is 4.52 Å². The van der Waals surface area contributed by atoms with Gasteiger partial charge in [-0.05, 0) is 36.1 Å². The third kappa shape index (κ3) is 3.52. The van der Waals surface area contributed by atoms with Crippen LogP contribution in [0.5, 0.6) is 0 Å². The molecule has 0 aliphatic heterocycles. The molecule has 0 atom stereocenters. The number of H-pyrrole nitrogens is 1. The summed E-state index contributed by atoms with van der Waals surface area (Å²) in [5.74, 6) is 0.588. The number of carbonyl (C=O) groups is 1. The van der Waals surface area contributed by atoms with Crippen LogP contribution < -0.4 is 5.32 Å². The van der Waals surface area contributed by atoms with Crippen molar-refractivity contribution in [1.29, 1.82) is 0 Å². The Kier molecular flexibility index (Phi) is 4.27. The van der Waals surface area contributed by atoms with Crippen molar-refractivity contribution in [3.8, 4) is 11.3 Å². The van der Waals surface area contributed by atoms with Gasteiger partial charge in [-0.1, -0.05) is 41.6 Å². The number of aromatic amines is 1. The van der Waals surface area contributed by atoms with Crippen molar-refractivity contribution in [2.75, 3.05) is 0 Å². The van der Waals surface area contributed by atoms with Crippen LogP contribution in [0.4, 0.5) is 0 Å². The molecule has 26 heavy (non-hydrogen) atoms. The molecule has 0 fully saturated rings. The molecule has 4 aromatic rings. The number of benzene rings is 2. The molecule has 2 aromatic heterocycles. The number of aromatic nitrogens is 2. The fourth-order valence-electron chi connectivity index (χ4n) is 3.00. The maximum absolute atomic E-state index is 12.2. The summed E-state index contributed by atoms with van der Waals surface area (Å²) in [5, 5.41) is 8.08. The van der Waals surface area contributed by atoms with Crippen LogP contribution in [-0.2, 0) is 17.8 Å². The van der Waals surface area contributed by atoms with E-state index in [1.165, 1.54) is 0 Å². The summed E-state index contributed by atoms with van der Waals surface area (Å²) in [5.41, 5.74) is 4.87. The fraction of sp³-hybridized carbons (Fsp3) is 0.143. The van der Waals surface area contributed by atoms with E-state index in [1.807, 2.05) is 55.5 Å². The summed E-state index contributed by atoms with van der Waals surface area (Å²) >= 11 is 0. The van der Waals surface area contributed by atoms with Crippen LogP contribution in [0.1, 0.15) is 17.0 Å². The van der Waals surface area contributed by atoms with E-state index in [1.54, 1.807) is 0 Å². The second-order valence-corrected chi connectivity index (χ2v) is 6.38. The first-order valence-corrected chi connectivity index (χ1v) is 8.53. The number of nitrogens with zero attached hydrogens (tertiary/aromatic N) is 1. The average Bonchev–Trinajstić information content (AvgIpc) is 3.26. The number of hydrogen-bond acceptors (Lipinski definition) is 3. The quantitative estimate of drug-likeness (QED) is 0.574. The van der Waals surface area contributed by atoms with E-state index < -0.39 is 0 Å². The highest BCUT2D eigenvalue weighted by atomic mass is 16.5. The highest BCUT2D eigenvalue weighted by Crippen LogP contribution is 2.20. The van der Waals surface area contributed by atoms with Crippen molar-refractivity contribution >= 4 is 16.8 Å². The van der Waals surface area contributed by atoms with Crippen LogP contribution in [-0.4, -0.2) is 16.0 Å². The minimum atomic E-state index is -0.0803. The molecule has 4 rings (SSSR count). The highest BCUT2D eigenvalue weighted by Gasteiger charge is 2.10. The van der Waals surface area contributed by atoms with Crippen molar-refractivity contribution in [2.24, 2.45) is 0 Å². The van der Waals surface area contributed by atoms with E-state index >= 15 is 0 Å². The van der Waals surface area contributed by atoms with Gasteiger partial charge >= 0.3 is 0 Å². The number of fused-ring (bicyclic) bond motifs is 1. The second kappa shape index (κ2) is 6.88. The third-order valence-electron chi connectivity index (χ3n) is 4.27. The molecule has 0 spiro atoms. The lowest BCUT2D eigenvalue weighted by atomic mass is 10.1. The van der Waals surface area contributed by atoms with E-state index in [0.717, 1.165) is 27.7 Å². The third-order valence-corrected chi connectivity index (χ3v) is 4.27. The lowest BCUT2D eigenvalue weighted by molar-refractivity contribution is -0.120. The molecule has 0 radical (unpaired) electrons. The summed E-state index contributed by atoms with van der Waals surface area (Å²) in [6.07, 6.45) is 0.196. The first-order chi connectivity index (χ1) is 12.7. The lowest BCUT2D eigenvalue weighted by Gasteiger charge is -2.04. The van der Waals surface area contributed by atoms with Gasteiger partial charge in [0.05, 0.1) is 12.1 Å². The van der Waals surface area contributed by atoms with Gasteiger partial charge in [0.1, 0.15) is 0 Å². The van der Waals surface area contributed by atoms with Crippen LogP contribution >= 0.6 is 0 Å². The van der Waals surface area contributed by atoms with Crippen LogP contribution in [0.2, 0.25) is 0 Å². The molecule has 2 N–H and O–H groups in total. The maximum atomic E-state index is 12.2. The Hall–Kier alpha value is -3.34. The summed E-state index contributed by atoms with van der Waals surface area (Å²) in [4.78, 5) is 15.5. The molecule has 0 bridgehead atoms. The SMILES string of the molecule is Cc1cc2cc(CNC(=O)Cc3cc(-c4ccccc4)on3)ccc2[nH]1. The van der Waals surface area contributed by atoms with Crippen LogP contribution in [0, 0.1) is 6.92 Å². The molecule has 1 amide bonds. The highest BCUT2D eigenvalue weighted by molar-refractivity contribution is 5.81. The Morgan fingerprint density at radius 1 is 1.12 bits per heavy atom. The molecular formula is C21H19N3O2. The van der Waals surface area contributed by atoms with Gasteiger partial charge in [0.25, 0.3) is 0 Å².